The Morgan fingerprint density at radius 1 is 1.41 bits per heavy atom. The molecule has 1 N–H and O–H groups in total. The van der Waals surface area contributed by atoms with E-state index in [4.69, 9.17) is 4.74 Å². The third kappa shape index (κ3) is 3.95. The number of nitrogens with zero attached hydrogens (tertiary/aromatic N) is 3. The molecule has 27 heavy (non-hydrogen) atoms. The molecule has 0 aromatic carbocycles. The van der Waals surface area contributed by atoms with Crippen LogP contribution >= 0.6 is 11.3 Å². The van der Waals surface area contributed by atoms with Gasteiger partial charge in [-0.1, -0.05) is 6.92 Å². The lowest BCUT2D eigenvalue weighted by Gasteiger charge is -2.43. The first-order chi connectivity index (χ1) is 13.2. The molecule has 1 amide bonds. The van der Waals surface area contributed by atoms with Crippen LogP contribution in [0.5, 0.6) is 0 Å². The first-order valence-corrected chi connectivity index (χ1v) is 10.8. The Balaban J connectivity index is 1.38. The quantitative estimate of drug-likeness (QED) is 0.773. The number of hydrogen-bond donors (Lipinski definition) is 1. The zero-order valence-electron chi connectivity index (χ0n) is 15.9. The SMILES string of the molecule is CCN1CCC2(CC1)OCCc1sc(C(=O)NCCCn3ccnc3)cc12. The van der Waals surface area contributed by atoms with Crippen LogP contribution in [0.1, 0.15) is 46.3 Å². The minimum atomic E-state index is -0.171. The van der Waals surface area contributed by atoms with Crippen LogP contribution in [0.2, 0.25) is 0 Å². The van der Waals surface area contributed by atoms with Crippen LogP contribution in [0.3, 0.4) is 0 Å². The summed E-state index contributed by atoms with van der Waals surface area (Å²) in [7, 11) is 0. The summed E-state index contributed by atoms with van der Waals surface area (Å²) in [5, 5.41) is 3.07. The standard InChI is InChI=1S/C20H28N4O2S/c1-2-23-10-5-20(6-11-23)16-14-18(27-17(16)4-13-26-20)19(25)22-7-3-9-24-12-8-21-15-24/h8,12,14-15H,2-7,9-11,13H2,1H3,(H,22,25). The predicted molar refractivity (Wildman–Crippen MR) is 106 cm³/mol. The Morgan fingerprint density at radius 3 is 3.00 bits per heavy atom. The van der Waals surface area contributed by atoms with Crippen LogP contribution in [0.4, 0.5) is 0 Å². The average Bonchev–Trinajstić information content (AvgIpc) is 3.36. The van der Waals surface area contributed by atoms with E-state index in [2.05, 4.69) is 28.2 Å². The summed E-state index contributed by atoms with van der Waals surface area (Å²) in [6.07, 6.45) is 9.39. The molecule has 0 radical (unpaired) electrons. The number of amides is 1. The average molecular weight is 389 g/mol. The Kier molecular flexibility index (Phi) is 5.61. The number of carbonyl (C=O) groups is 1. The normalized spacial score (nSPS) is 19.1. The fourth-order valence-electron chi connectivity index (χ4n) is 4.14. The van der Waals surface area contributed by atoms with Gasteiger partial charge in [-0.25, -0.2) is 4.98 Å². The lowest BCUT2D eigenvalue weighted by molar-refractivity contribution is -0.0964. The molecule has 2 aromatic heterocycles. The van der Waals surface area contributed by atoms with E-state index in [-0.39, 0.29) is 11.5 Å². The second-order valence-corrected chi connectivity index (χ2v) is 8.52. The summed E-state index contributed by atoms with van der Waals surface area (Å²) in [6.45, 7) is 7.76. The van der Waals surface area contributed by atoms with Crippen LogP contribution in [0, 0.1) is 0 Å². The molecular weight excluding hydrogens is 360 g/mol. The van der Waals surface area contributed by atoms with Gasteiger partial charge in [0.05, 0.1) is 23.4 Å². The Bertz CT molecular complexity index is 763. The van der Waals surface area contributed by atoms with Crippen molar-refractivity contribution in [2.75, 3.05) is 32.8 Å². The maximum Gasteiger partial charge on any atom is 0.261 e. The molecule has 2 aromatic rings. The van der Waals surface area contributed by atoms with Gasteiger partial charge in [0.15, 0.2) is 0 Å². The van der Waals surface area contributed by atoms with Gasteiger partial charge in [-0.05, 0) is 37.4 Å². The second kappa shape index (κ2) is 8.12. The van der Waals surface area contributed by atoms with Crippen molar-refractivity contribution >= 4 is 17.2 Å². The Hall–Kier alpha value is -1.70. The fourth-order valence-corrected chi connectivity index (χ4v) is 5.29. The molecule has 0 aliphatic carbocycles. The molecule has 2 aliphatic rings. The van der Waals surface area contributed by atoms with E-state index in [1.54, 1.807) is 23.9 Å². The van der Waals surface area contributed by atoms with Crippen LogP contribution in [0.25, 0.3) is 0 Å². The number of aryl methyl sites for hydroxylation is 1. The van der Waals surface area contributed by atoms with Crippen LogP contribution < -0.4 is 5.32 Å². The number of ether oxygens (including phenoxy) is 1. The van der Waals surface area contributed by atoms with Gasteiger partial charge < -0.3 is 19.5 Å². The number of piperidine rings is 1. The third-order valence-electron chi connectivity index (χ3n) is 5.78. The number of hydrogen-bond acceptors (Lipinski definition) is 5. The monoisotopic (exact) mass is 388 g/mol. The van der Waals surface area contributed by atoms with Crippen molar-refractivity contribution in [3.63, 3.8) is 0 Å². The number of nitrogens with one attached hydrogen (secondary N) is 1. The summed E-state index contributed by atoms with van der Waals surface area (Å²) in [5.41, 5.74) is 1.11. The number of imidazole rings is 1. The molecule has 0 atom stereocenters. The number of rotatable bonds is 6. The number of aromatic nitrogens is 2. The third-order valence-corrected chi connectivity index (χ3v) is 6.97. The summed E-state index contributed by atoms with van der Waals surface area (Å²) < 4.78 is 8.33. The summed E-state index contributed by atoms with van der Waals surface area (Å²) >= 11 is 1.65. The zero-order chi connectivity index (χ0) is 18.7. The molecule has 0 saturated carbocycles. The molecule has 1 fully saturated rings. The maximum absolute atomic E-state index is 12.6. The van der Waals surface area contributed by atoms with Gasteiger partial charge in [0.1, 0.15) is 0 Å². The number of likely N-dealkylation sites (tertiary alicyclic amines) is 1. The van der Waals surface area contributed by atoms with Crippen molar-refractivity contribution in [3.8, 4) is 0 Å². The maximum atomic E-state index is 12.6. The highest BCUT2D eigenvalue weighted by atomic mass is 32.1. The second-order valence-electron chi connectivity index (χ2n) is 7.38. The molecular formula is C20H28N4O2S. The van der Waals surface area contributed by atoms with Gasteiger partial charge >= 0.3 is 0 Å². The van der Waals surface area contributed by atoms with Crippen molar-refractivity contribution in [2.45, 2.75) is 44.8 Å². The highest BCUT2D eigenvalue weighted by Gasteiger charge is 2.42. The molecule has 1 spiro atoms. The highest BCUT2D eigenvalue weighted by molar-refractivity contribution is 7.14. The largest absolute Gasteiger partial charge is 0.370 e. The molecule has 0 bridgehead atoms. The van der Waals surface area contributed by atoms with Crippen molar-refractivity contribution in [1.29, 1.82) is 0 Å². The predicted octanol–water partition coefficient (Wildman–Crippen LogP) is 2.65. The van der Waals surface area contributed by atoms with Gasteiger partial charge in [-0.2, -0.15) is 0 Å². The van der Waals surface area contributed by atoms with Crippen molar-refractivity contribution in [2.24, 2.45) is 0 Å². The molecule has 4 heterocycles. The van der Waals surface area contributed by atoms with Crippen LogP contribution in [0.15, 0.2) is 24.8 Å². The van der Waals surface area contributed by atoms with Gasteiger partial charge in [-0.3, -0.25) is 4.79 Å². The zero-order valence-corrected chi connectivity index (χ0v) is 16.8. The summed E-state index contributed by atoms with van der Waals surface area (Å²) in [4.78, 5) is 21.3. The first kappa shape index (κ1) is 18.7. The molecule has 1 saturated heterocycles. The number of fused-ring (bicyclic) bond motifs is 2. The van der Waals surface area contributed by atoms with Crippen LogP contribution in [-0.2, 0) is 23.3 Å². The van der Waals surface area contributed by atoms with Crippen molar-refractivity contribution < 1.29 is 9.53 Å². The first-order valence-electron chi connectivity index (χ1n) is 9.93. The molecule has 2 aliphatic heterocycles. The number of carbonyl (C=O) groups excluding carboxylic acids is 1. The summed E-state index contributed by atoms with van der Waals surface area (Å²) in [5.74, 6) is 0.0428. The van der Waals surface area contributed by atoms with Gasteiger partial charge in [0, 0.05) is 49.9 Å². The Labute approximate surface area is 164 Å². The van der Waals surface area contributed by atoms with Crippen molar-refractivity contribution in [1.82, 2.24) is 19.8 Å². The van der Waals surface area contributed by atoms with E-state index < -0.39 is 0 Å². The van der Waals surface area contributed by atoms with Crippen LogP contribution in [-0.4, -0.2) is 53.1 Å². The number of thiophene rings is 1. The topological polar surface area (TPSA) is 59.4 Å². The fraction of sp³-hybridized carbons (Fsp3) is 0.600. The molecule has 4 rings (SSSR count). The minimum Gasteiger partial charge on any atom is -0.370 e. The van der Waals surface area contributed by atoms with E-state index in [1.165, 1.54) is 10.4 Å². The summed E-state index contributed by atoms with van der Waals surface area (Å²) in [6, 6.07) is 2.10. The van der Waals surface area contributed by atoms with Gasteiger partial charge in [0.2, 0.25) is 0 Å². The van der Waals surface area contributed by atoms with Gasteiger partial charge in [-0.15, -0.1) is 11.3 Å². The molecule has 0 unspecified atom stereocenters. The minimum absolute atomic E-state index is 0.0428. The molecule has 146 valence electrons. The lowest BCUT2D eigenvalue weighted by Crippen LogP contribution is -2.46. The smallest absolute Gasteiger partial charge is 0.261 e. The van der Waals surface area contributed by atoms with E-state index >= 15 is 0 Å². The van der Waals surface area contributed by atoms with Crippen molar-refractivity contribution in [3.05, 3.63) is 40.1 Å². The lowest BCUT2D eigenvalue weighted by atomic mass is 9.82. The Morgan fingerprint density at radius 2 is 2.26 bits per heavy atom. The molecule has 6 nitrogen and oxygen atoms in total. The molecule has 7 heteroatoms. The van der Waals surface area contributed by atoms with E-state index in [1.807, 2.05) is 10.8 Å². The van der Waals surface area contributed by atoms with E-state index in [9.17, 15) is 4.79 Å². The van der Waals surface area contributed by atoms with E-state index in [0.717, 1.165) is 63.3 Å². The highest BCUT2D eigenvalue weighted by Crippen LogP contribution is 2.44. The van der Waals surface area contributed by atoms with E-state index in [0.29, 0.717) is 6.54 Å². The van der Waals surface area contributed by atoms with Gasteiger partial charge in [0.25, 0.3) is 5.91 Å².